The van der Waals surface area contributed by atoms with E-state index in [2.05, 4.69) is 20.0 Å². The van der Waals surface area contributed by atoms with Crippen molar-refractivity contribution in [2.24, 2.45) is 0 Å². The van der Waals surface area contributed by atoms with E-state index in [0.29, 0.717) is 18.4 Å². The number of aromatic nitrogens is 4. The summed E-state index contributed by atoms with van der Waals surface area (Å²) in [5.74, 6) is 1.73. The third kappa shape index (κ3) is 2.99. The standard InChI is InChI=1S/C16H19N5O2S/c1-11-18-15(19-23-11)12-3-2-5-20(9-12)6-7-21-10-17-13-4-8-24-14(13)16(21)22/h4,8,10,12H,2-3,5-7,9H2,1H3/t12-/m1/s1. The third-order valence-electron chi connectivity index (χ3n) is 4.51. The molecular weight excluding hydrogens is 326 g/mol. The van der Waals surface area contributed by atoms with E-state index < -0.39 is 0 Å². The lowest BCUT2D eigenvalue weighted by Gasteiger charge is -2.31. The Labute approximate surface area is 142 Å². The molecule has 1 aliphatic rings. The summed E-state index contributed by atoms with van der Waals surface area (Å²) in [6.45, 7) is 5.24. The van der Waals surface area contributed by atoms with Crippen LogP contribution < -0.4 is 5.56 Å². The topological polar surface area (TPSA) is 77.1 Å². The summed E-state index contributed by atoms with van der Waals surface area (Å²) >= 11 is 1.45. The molecule has 0 spiro atoms. The Morgan fingerprint density at radius 1 is 1.42 bits per heavy atom. The van der Waals surface area contributed by atoms with Crippen LogP contribution in [-0.2, 0) is 6.54 Å². The van der Waals surface area contributed by atoms with E-state index in [-0.39, 0.29) is 5.56 Å². The smallest absolute Gasteiger partial charge is 0.271 e. The molecule has 0 N–H and O–H groups in total. The largest absolute Gasteiger partial charge is 0.340 e. The fraction of sp³-hybridized carbons (Fsp3) is 0.500. The molecule has 1 saturated heterocycles. The molecule has 0 bridgehead atoms. The lowest BCUT2D eigenvalue weighted by molar-refractivity contribution is 0.195. The van der Waals surface area contributed by atoms with Gasteiger partial charge in [-0.3, -0.25) is 9.36 Å². The van der Waals surface area contributed by atoms with Crippen LogP contribution in [0.2, 0.25) is 0 Å². The van der Waals surface area contributed by atoms with Crippen LogP contribution in [0.3, 0.4) is 0 Å². The molecule has 7 nitrogen and oxygen atoms in total. The Morgan fingerprint density at radius 3 is 3.17 bits per heavy atom. The van der Waals surface area contributed by atoms with E-state index in [1.165, 1.54) is 11.3 Å². The third-order valence-corrected chi connectivity index (χ3v) is 5.40. The van der Waals surface area contributed by atoms with Crippen LogP contribution in [0.4, 0.5) is 0 Å². The molecule has 3 aromatic rings. The van der Waals surface area contributed by atoms with Gasteiger partial charge in [-0.25, -0.2) is 4.98 Å². The molecule has 126 valence electrons. The van der Waals surface area contributed by atoms with E-state index >= 15 is 0 Å². The van der Waals surface area contributed by atoms with Crippen molar-refractivity contribution in [3.05, 3.63) is 39.8 Å². The van der Waals surface area contributed by atoms with Crippen LogP contribution in [0.25, 0.3) is 10.2 Å². The molecule has 8 heteroatoms. The van der Waals surface area contributed by atoms with Gasteiger partial charge in [-0.1, -0.05) is 5.16 Å². The van der Waals surface area contributed by atoms with Crippen molar-refractivity contribution in [2.75, 3.05) is 19.6 Å². The van der Waals surface area contributed by atoms with Gasteiger partial charge in [0.05, 0.1) is 11.8 Å². The van der Waals surface area contributed by atoms with Crippen LogP contribution in [0.15, 0.2) is 27.1 Å². The number of hydrogen-bond donors (Lipinski definition) is 0. The normalized spacial score (nSPS) is 19.1. The maximum Gasteiger partial charge on any atom is 0.271 e. The first kappa shape index (κ1) is 15.5. The first-order chi connectivity index (χ1) is 11.7. The summed E-state index contributed by atoms with van der Waals surface area (Å²) in [5, 5.41) is 5.97. The zero-order valence-corrected chi connectivity index (χ0v) is 14.3. The summed E-state index contributed by atoms with van der Waals surface area (Å²) < 4.78 is 7.54. The van der Waals surface area contributed by atoms with Crippen molar-refractivity contribution in [3.63, 3.8) is 0 Å². The van der Waals surface area contributed by atoms with Gasteiger partial charge in [0.2, 0.25) is 5.89 Å². The second kappa shape index (κ2) is 6.45. The van der Waals surface area contributed by atoms with Crippen molar-refractivity contribution in [2.45, 2.75) is 32.2 Å². The van der Waals surface area contributed by atoms with Crippen LogP contribution in [0, 0.1) is 6.92 Å². The van der Waals surface area contributed by atoms with Gasteiger partial charge in [0.25, 0.3) is 5.56 Å². The Balaban J connectivity index is 1.43. The fourth-order valence-corrected chi connectivity index (χ4v) is 4.03. The van der Waals surface area contributed by atoms with Gasteiger partial charge < -0.3 is 9.42 Å². The van der Waals surface area contributed by atoms with Gasteiger partial charge in [0.1, 0.15) is 4.70 Å². The minimum atomic E-state index is 0.0531. The number of aryl methyl sites for hydroxylation is 1. The maximum absolute atomic E-state index is 12.4. The Bertz CT molecular complexity index is 899. The predicted molar refractivity (Wildman–Crippen MR) is 91.3 cm³/mol. The van der Waals surface area contributed by atoms with Crippen molar-refractivity contribution in [1.29, 1.82) is 0 Å². The summed E-state index contributed by atoms with van der Waals surface area (Å²) in [6, 6.07) is 1.88. The average Bonchev–Trinajstić information content (AvgIpc) is 3.24. The Kier molecular flexibility index (Phi) is 4.15. The lowest BCUT2D eigenvalue weighted by atomic mass is 9.97. The van der Waals surface area contributed by atoms with Crippen molar-refractivity contribution < 1.29 is 4.52 Å². The zero-order valence-electron chi connectivity index (χ0n) is 13.5. The van der Waals surface area contributed by atoms with Gasteiger partial charge in [-0.15, -0.1) is 11.3 Å². The van der Waals surface area contributed by atoms with Gasteiger partial charge >= 0.3 is 0 Å². The number of rotatable bonds is 4. The average molecular weight is 345 g/mol. The van der Waals surface area contributed by atoms with E-state index in [0.717, 1.165) is 48.5 Å². The van der Waals surface area contributed by atoms with Crippen molar-refractivity contribution >= 4 is 21.6 Å². The molecular formula is C16H19N5O2S. The number of fused-ring (bicyclic) bond motifs is 1. The highest BCUT2D eigenvalue weighted by Crippen LogP contribution is 2.24. The molecule has 0 unspecified atom stereocenters. The van der Waals surface area contributed by atoms with Gasteiger partial charge in [-0.05, 0) is 30.8 Å². The molecule has 4 heterocycles. The molecule has 0 radical (unpaired) electrons. The number of hydrogen-bond acceptors (Lipinski definition) is 7. The number of nitrogens with zero attached hydrogens (tertiary/aromatic N) is 5. The molecule has 0 amide bonds. The molecule has 4 rings (SSSR count). The highest BCUT2D eigenvalue weighted by Gasteiger charge is 2.24. The minimum Gasteiger partial charge on any atom is -0.340 e. The molecule has 0 aliphatic carbocycles. The van der Waals surface area contributed by atoms with Crippen LogP contribution in [0.1, 0.15) is 30.5 Å². The predicted octanol–water partition coefficient (Wildman–Crippen LogP) is 2.03. The molecule has 1 atom stereocenters. The van der Waals surface area contributed by atoms with Gasteiger partial charge in [0.15, 0.2) is 5.82 Å². The van der Waals surface area contributed by atoms with Gasteiger partial charge in [-0.2, -0.15) is 4.98 Å². The summed E-state index contributed by atoms with van der Waals surface area (Å²) in [7, 11) is 0. The summed E-state index contributed by atoms with van der Waals surface area (Å²) in [4.78, 5) is 23.5. The Morgan fingerprint density at radius 2 is 2.33 bits per heavy atom. The van der Waals surface area contributed by atoms with E-state index in [9.17, 15) is 4.79 Å². The summed E-state index contributed by atoms with van der Waals surface area (Å²) in [6.07, 6.45) is 3.84. The van der Waals surface area contributed by atoms with E-state index in [1.807, 2.05) is 18.4 Å². The first-order valence-corrected chi connectivity index (χ1v) is 9.04. The molecule has 3 aromatic heterocycles. The lowest BCUT2D eigenvalue weighted by Crippen LogP contribution is -2.38. The van der Waals surface area contributed by atoms with Gasteiger partial charge in [0, 0.05) is 32.5 Å². The van der Waals surface area contributed by atoms with Crippen molar-refractivity contribution in [3.8, 4) is 0 Å². The van der Waals surface area contributed by atoms with E-state index in [1.54, 1.807) is 10.9 Å². The van der Waals surface area contributed by atoms with Crippen molar-refractivity contribution in [1.82, 2.24) is 24.6 Å². The summed E-state index contributed by atoms with van der Waals surface area (Å²) in [5.41, 5.74) is 0.837. The van der Waals surface area contributed by atoms with Crippen LogP contribution in [0.5, 0.6) is 0 Å². The minimum absolute atomic E-state index is 0.0531. The molecule has 1 fully saturated rings. The number of likely N-dealkylation sites (tertiary alicyclic amines) is 1. The van der Waals surface area contributed by atoms with E-state index in [4.69, 9.17) is 4.52 Å². The second-order valence-corrected chi connectivity index (χ2v) is 7.11. The SMILES string of the molecule is Cc1nc([C@@H]2CCCN(CCn3cnc4ccsc4c3=O)C2)no1. The second-order valence-electron chi connectivity index (χ2n) is 6.19. The van der Waals surface area contributed by atoms with Crippen LogP contribution >= 0.6 is 11.3 Å². The highest BCUT2D eigenvalue weighted by atomic mass is 32.1. The number of piperidine rings is 1. The quantitative estimate of drug-likeness (QED) is 0.720. The fourth-order valence-electron chi connectivity index (χ4n) is 3.24. The monoisotopic (exact) mass is 345 g/mol. The highest BCUT2D eigenvalue weighted by molar-refractivity contribution is 7.17. The van der Waals surface area contributed by atoms with Crippen LogP contribution in [-0.4, -0.2) is 44.2 Å². The Hall–Kier alpha value is -2.06. The first-order valence-electron chi connectivity index (χ1n) is 8.16. The molecule has 0 aromatic carbocycles. The molecule has 1 aliphatic heterocycles. The molecule has 0 saturated carbocycles. The maximum atomic E-state index is 12.4. The zero-order chi connectivity index (χ0) is 16.5. The molecule has 24 heavy (non-hydrogen) atoms. The number of thiophene rings is 1.